The molecule has 1 aliphatic rings. The Hall–Kier alpha value is -2.48. The van der Waals surface area contributed by atoms with Gasteiger partial charge >= 0.3 is 0 Å². The summed E-state index contributed by atoms with van der Waals surface area (Å²) in [6.45, 7) is 0.343. The smallest absolute Gasteiger partial charge is 0.268 e. The van der Waals surface area contributed by atoms with Crippen LogP contribution in [0.4, 0.5) is 5.69 Å². The number of nitrogens with one attached hydrogen (secondary N) is 2. The number of fused-ring (bicyclic) bond motifs is 2. The maximum absolute atomic E-state index is 13.1. The fourth-order valence-corrected chi connectivity index (χ4v) is 4.21. The van der Waals surface area contributed by atoms with Crippen LogP contribution in [-0.4, -0.2) is 45.9 Å². The van der Waals surface area contributed by atoms with E-state index < -0.39 is 17.2 Å². The molecule has 0 aliphatic carbocycles. The van der Waals surface area contributed by atoms with E-state index in [1.165, 1.54) is 0 Å². The molecule has 0 saturated heterocycles. The molecule has 150 valence electrons. The molecule has 8 heteroatoms. The van der Waals surface area contributed by atoms with Crippen LogP contribution in [0.25, 0.3) is 10.9 Å². The van der Waals surface area contributed by atoms with Crippen LogP contribution >= 0.6 is 11.6 Å². The second-order valence-electron chi connectivity index (χ2n) is 7.04. The number of anilines is 1. The average molecular weight is 430 g/mol. The summed E-state index contributed by atoms with van der Waals surface area (Å²) >= 11 is 4.99. The van der Waals surface area contributed by atoms with E-state index in [0.29, 0.717) is 29.4 Å². The number of carbonyl (C=O) groups is 2. The molecule has 4 rings (SSSR count). The quantitative estimate of drug-likeness (QED) is 0.611. The minimum absolute atomic E-state index is 0.193. The van der Waals surface area contributed by atoms with Gasteiger partial charge in [0.1, 0.15) is 17.5 Å². The zero-order valence-electron chi connectivity index (χ0n) is 15.8. The number of benzene rings is 2. The molecule has 3 aromatic rings. The highest BCUT2D eigenvalue weighted by atomic mass is 35.5. The Balaban J connectivity index is 1.57. The Morgan fingerprint density at radius 3 is 2.90 bits per heavy atom. The molecule has 0 saturated carbocycles. The van der Waals surface area contributed by atoms with Gasteiger partial charge in [0.2, 0.25) is 5.91 Å². The maximum Gasteiger partial charge on any atom is 0.268 e. The molecule has 0 bridgehead atoms. The Kier molecular flexibility index (Phi) is 5.54. The van der Waals surface area contributed by atoms with Crippen LogP contribution in [0.5, 0.6) is 0 Å². The summed E-state index contributed by atoms with van der Waals surface area (Å²) in [6, 6.07) is 14.0. The lowest BCUT2D eigenvalue weighted by atomic mass is 9.97. The molecular weight excluding hydrogens is 410 g/mol. The van der Waals surface area contributed by atoms with Crippen molar-refractivity contribution in [2.75, 3.05) is 23.5 Å². The molecule has 2 amide bonds. The molecule has 0 spiro atoms. The van der Waals surface area contributed by atoms with Crippen LogP contribution in [-0.2, 0) is 22.4 Å². The summed E-state index contributed by atoms with van der Waals surface area (Å²) in [5.74, 6) is -0.167. The van der Waals surface area contributed by atoms with Gasteiger partial charge in [-0.05, 0) is 35.9 Å². The van der Waals surface area contributed by atoms with Gasteiger partial charge in [0.15, 0.2) is 0 Å². The summed E-state index contributed by atoms with van der Waals surface area (Å²) in [5.41, 5.74) is 2.96. The van der Waals surface area contributed by atoms with Crippen molar-refractivity contribution in [2.24, 2.45) is 0 Å². The first-order chi connectivity index (χ1) is 13.9. The van der Waals surface area contributed by atoms with Gasteiger partial charge in [-0.25, -0.2) is 0 Å². The van der Waals surface area contributed by atoms with Crippen LogP contribution in [0.15, 0.2) is 48.5 Å². The van der Waals surface area contributed by atoms with E-state index in [0.717, 1.165) is 22.2 Å². The molecule has 2 unspecified atom stereocenters. The topological polar surface area (TPSA) is 88.3 Å². The van der Waals surface area contributed by atoms with Crippen molar-refractivity contribution >= 4 is 51.2 Å². The van der Waals surface area contributed by atoms with Crippen LogP contribution in [0, 0.1) is 0 Å². The number of halogens is 1. The van der Waals surface area contributed by atoms with E-state index in [4.69, 9.17) is 11.6 Å². The Labute approximate surface area is 176 Å². The van der Waals surface area contributed by atoms with Gasteiger partial charge in [-0.15, -0.1) is 0 Å². The lowest BCUT2D eigenvalue weighted by Gasteiger charge is -2.34. The predicted octanol–water partition coefficient (Wildman–Crippen LogP) is 2.89. The second-order valence-corrected chi connectivity index (χ2v) is 9.03. The molecule has 0 fully saturated rings. The van der Waals surface area contributed by atoms with E-state index in [9.17, 15) is 14.1 Å². The number of para-hydroxylation sites is 1. The molecule has 6 nitrogen and oxygen atoms in total. The average Bonchev–Trinajstić information content (AvgIpc) is 3.11. The monoisotopic (exact) mass is 429 g/mol. The van der Waals surface area contributed by atoms with Gasteiger partial charge in [0.05, 0.1) is 12.8 Å². The van der Waals surface area contributed by atoms with Gasteiger partial charge in [-0.1, -0.05) is 41.0 Å². The van der Waals surface area contributed by atoms with Crippen LogP contribution in [0.2, 0.25) is 5.02 Å². The van der Waals surface area contributed by atoms with Gasteiger partial charge in [-0.2, -0.15) is 0 Å². The van der Waals surface area contributed by atoms with E-state index >= 15 is 0 Å². The third-order valence-corrected chi connectivity index (χ3v) is 6.00. The molecule has 2 heterocycles. The number of aromatic nitrogens is 1. The van der Waals surface area contributed by atoms with Crippen molar-refractivity contribution < 1.29 is 14.1 Å². The molecule has 2 atom stereocenters. The number of H-pyrrole nitrogens is 1. The Bertz CT molecular complexity index is 1080. The number of hydrogen-bond acceptors (Lipinski definition) is 3. The van der Waals surface area contributed by atoms with Crippen LogP contribution in [0.1, 0.15) is 16.1 Å². The van der Waals surface area contributed by atoms with E-state index in [2.05, 4.69) is 10.3 Å². The van der Waals surface area contributed by atoms with Gasteiger partial charge in [-0.3, -0.25) is 9.59 Å². The predicted molar refractivity (Wildman–Crippen MR) is 116 cm³/mol. The molecule has 0 radical (unpaired) electrons. The Morgan fingerprint density at radius 1 is 1.31 bits per heavy atom. The number of aromatic amines is 1. The van der Waals surface area contributed by atoms with Crippen molar-refractivity contribution in [2.45, 2.75) is 12.5 Å². The first kappa shape index (κ1) is 19.8. The van der Waals surface area contributed by atoms with E-state index in [-0.39, 0.29) is 11.8 Å². The third kappa shape index (κ3) is 4.12. The second kappa shape index (κ2) is 8.10. The van der Waals surface area contributed by atoms with Gasteiger partial charge < -0.3 is 19.8 Å². The highest BCUT2D eigenvalue weighted by Crippen LogP contribution is 2.28. The number of hydrogen-bond donors (Lipinski definition) is 2. The number of rotatable bonds is 5. The lowest BCUT2D eigenvalue weighted by Crippen LogP contribution is -2.53. The normalized spacial score (nSPS) is 17.3. The van der Waals surface area contributed by atoms with E-state index in [1.807, 2.05) is 30.3 Å². The molecule has 29 heavy (non-hydrogen) atoms. The van der Waals surface area contributed by atoms with Crippen molar-refractivity contribution in [1.82, 2.24) is 10.3 Å². The van der Waals surface area contributed by atoms with Crippen molar-refractivity contribution in [3.8, 4) is 0 Å². The minimum Gasteiger partial charge on any atom is -0.617 e. The number of amides is 2. The highest BCUT2D eigenvalue weighted by molar-refractivity contribution is 7.90. The molecular formula is C21H20ClN3O3S. The fraction of sp³-hybridized carbons (Fsp3) is 0.238. The zero-order valence-corrected chi connectivity index (χ0v) is 17.3. The van der Waals surface area contributed by atoms with Crippen LogP contribution in [0.3, 0.4) is 0 Å². The fourth-order valence-electron chi connectivity index (χ4n) is 3.59. The molecule has 1 aromatic heterocycles. The highest BCUT2D eigenvalue weighted by Gasteiger charge is 2.34. The first-order valence-electron chi connectivity index (χ1n) is 9.21. The van der Waals surface area contributed by atoms with Crippen LogP contribution < -0.4 is 10.2 Å². The van der Waals surface area contributed by atoms with Crippen molar-refractivity contribution in [3.63, 3.8) is 0 Å². The standard InChI is InChI=1S/C21H20ClN3O3S/c1-29(28)9-8-25-19-5-3-2-4-13(19)11-18(21(25)27)24-20(26)17-12-14-10-15(22)6-7-16(14)23-17/h2-7,10,12,18,23H,8-9,11H2,1H3,(H,24,26). The van der Waals surface area contributed by atoms with Gasteiger partial charge in [0.25, 0.3) is 5.91 Å². The summed E-state index contributed by atoms with van der Waals surface area (Å²) in [5, 5.41) is 4.27. The summed E-state index contributed by atoms with van der Waals surface area (Å²) in [7, 11) is 0. The largest absolute Gasteiger partial charge is 0.617 e. The third-order valence-electron chi connectivity index (χ3n) is 5.01. The number of nitrogens with zero attached hydrogens (tertiary/aromatic N) is 1. The maximum atomic E-state index is 13.1. The zero-order chi connectivity index (χ0) is 20.5. The minimum atomic E-state index is -1.02. The van der Waals surface area contributed by atoms with Crippen molar-refractivity contribution in [3.05, 3.63) is 64.8 Å². The number of carbonyl (C=O) groups excluding carboxylic acids is 2. The van der Waals surface area contributed by atoms with Gasteiger partial charge in [0, 0.05) is 28.0 Å². The molecule has 1 aliphatic heterocycles. The van der Waals surface area contributed by atoms with E-state index in [1.54, 1.807) is 29.4 Å². The Morgan fingerprint density at radius 2 is 2.10 bits per heavy atom. The summed E-state index contributed by atoms with van der Waals surface area (Å²) in [6.07, 6.45) is 2.03. The lowest BCUT2D eigenvalue weighted by molar-refractivity contribution is -0.120. The SMILES string of the molecule is C[S+]([O-])CCN1C(=O)C(NC(=O)c2cc3cc(Cl)ccc3[nH]2)Cc2ccccc21. The summed E-state index contributed by atoms with van der Waals surface area (Å²) in [4.78, 5) is 30.6. The molecule has 2 aromatic carbocycles. The summed E-state index contributed by atoms with van der Waals surface area (Å²) < 4.78 is 11.5. The van der Waals surface area contributed by atoms with Crippen molar-refractivity contribution in [1.29, 1.82) is 0 Å². The molecule has 2 N–H and O–H groups in total. The first-order valence-corrected chi connectivity index (χ1v) is 11.3.